The SMILES string of the molecule is Cc1[nH]ncc1N(C(=O)OC(C)(C)C)c1cncc(F)c1. The Morgan fingerprint density at radius 3 is 2.57 bits per heavy atom. The molecule has 0 atom stereocenters. The summed E-state index contributed by atoms with van der Waals surface area (Å²) in [5.41, 5.74) is 0.740. The number of aromatic amines is 1. The molecule has 6 nitrogen and oxygen atoms in total. The van der Waals surface area contributed by atoms with Crippen molar-refractivity contribution in [1.82, 2.24) is 15.2 Å². The molecular weight excluding hydrogens is 275 g/mol. The number of H-pyrrole nitrogens is 1. The van der Waals surface area contributed by atoms with Crippen LogP contribution in [-0.2, 0) is 4.74 Å². The lowest BCUT2D eigenvalue weighted by molar-refractivity contribution is 0.0599. The number of aryl methyl sites for hydroxylation is 1. The first-order valence-electron chi connectivity index (χ1n) is 6.41. The van der Waals surface area contributed by atoms with Gasteiger partial charge in [-0.3, -0.25) is 10.1 Å². The van der Waals surface area contributed by atoms with E-state index in [-0.39, 0.29) is 5.69 Å². The summed E-state index contributed by atoms with van der Waals surface area (Å²) in [7, 11) is 0. The van der Waals surface area contributed by atoms with Gasteiger partial charge in [-0.15, -0.1) is 0 Å². The minimum Gasteiger partial charge on any atom is -0.443 e. The van der Waals surface area contributed by atoms with Crippen LogP contribution in [-0.4, -0.2) is 26.9 Å². The molecule has 2 aromatic heterocycles. The molecule has 0 fully saturated rings. The molecule has 0 aromatic carbocycles. The van der Waals surface area contributed by atoms with Gasteiger partial charge in [-0.25, -0.2) is 14.1 Å². The second kappa shape index (κ2) is 5.51. The van der Waals surface area contributed by atoms with E-state index in [9.17, 15) is 9.18 Å². The number of aromatic nitrogens is 3. The molecule has 1 N–H and O–H groups in total. The second-order valence-corrected chi connectivity index (χ2v) is 5.56. The van der Waals surface area contributed by atoms with Crippen LogP contribution >= 0.6 is 0 Å². The molecule has 2 heterocycles. The smallest absolute Gasteiger partial charge is 0.419 e. The number of anilines is 2. The summed E-state index contributed by atoms with van der Waals surface area (Å²) in [6.45, 7) is 7.03. The number of pyridine rings is 1. The van der Waals surface area contributed by atoms with Crippen molar-refractivity contribution in [3.05, 3.63) is 36.2 Å². The number of carbonyl (C=O) groups excluding carboxylic acids is 1. The van der Waals surface area contributed by atoms with E-state index in [0.29, 0.717) is 11.4 Å². The van der Waals surface area contributed by atoms with Crippen molar-refractivity contribution in [3.8, 4) is 0 Å². The predicted molar refractivity (Wildman–Crippen MR) is 75.9 cm³/mol. The van der Waals surface area contributed by atoms with Crippen LogP contribution in [0.4, 0.5) is 20.6 Å². The van der Waals surface area contributed by atoms with E-state index in [1.807, 2.05) is 0 Å². The highest BCUT2D eigenvalue weighted by molar-refractivity contribution is 5.96. The van der Waals surface area contributed by atoms with Crippen molar-refractivity contribution < 1.29 is 13.9 Å². The third-order valence-electron chi connectivity index (χ3n) is 2.57. The fourth-order valence-electron chi connectivity index (χ4n) is 1.74. The van der Waals surface area contributed by atoms with Gasteiger partial charge in [-0.2, -0.15) is 5.10 Å². The van der Waals surface area contributed by atoms with Crippen molar-refractivity contribution in [2.45, 2.75) is 33.3 Å². The van der Waals surface area contributed by atoms with Crippen molar-refractivity contribution >= 4 is 17.5 Å². The Morgan fingerprint density at radius 2 is 2.05 bits per heavy atom. The molecule has 0 aliphatic carbocycles. The molecule has 0 radical (unpaired) electrons. The van der Waals surface area contributed by atoms with Crippen LogP contribution in [0.3, 0.4) is 0 Å². The Morgan fingerprint density at radius 1 is 1.33 bits per heavy atom. The molecule has 2 rings (SSSR count). The van der Waals surface area contributed by atoms with Crippen LogP contribution in [0.15, 0.2) is 24.7 Å². The molecule has 0 aliphatic rings. The van der Waals surface area contributed by atoms with E-state index >= 15 is 0 Å². The summed E-state index contributed by atoms with van der Waals surface area (Å²) in [4.78, 5) is 17.4. The van der Waals surface area contributed by atoms with Crippen molar-refractivity contribution in [2.24, 2.45) is 0 Å². The number of carbonyl (C=O) groups is 1. The Hall–Kier alpha value is -2.44. The molecule has 0 bridgehead atoms. The molecule has 112 valence electrons. The fourth-order valence-corrected chi connectivity index (χ4v) is 1.74. The van der Waals surface area contributed by atoms with Crippen LogP contribution in [0.25, 0.3) is 0 Å². The number of hydrogen-bond acceptors (Lipinski definition) is 4. The summed E-state index contributed by atoms with van der Waals surface area (Å²) in [5.74, 6) is -0.540. The lowest BCUT2D eigenvalue weighted by atomic mass is 10.2. The Kier molecular flexibility index (Phi) is 3.93. The van der Waals surface area contributed by atoms with E-state index in [0.717, 1.165) is 6.20 Å². The molecule has 7 heteroatoms. The van der Waals surface area contributed by atoms with E-state index in [1.54, 1.807) is 27.7 Å². The summed E-state index contributed by atoms with van der Waals surface area (Å²) >= 11 is 0. The van der Waals surface area contributed by atoms with Crippen molar-refractivity contribution in [2.75, 3.05) is 4.90 Å². The van der Waals surface area contributed by atoms with Crippen LogP contribution in [0.5, 0.6) is 0 Å². The first-order valence-corrected chi connectivity index (χ1v) is 6.41. The van der Waals surface area contributed by atoms with E-state index in [2.05, 4.69) is 15.2 Å². The number of amides is 1. The zero-order valence-electron chi connectivity index (χ0n) is 12.3. The zero-order valence-corrected chi connectivity index (χ0v) is 12.3. The molecule has 2 aromatic rings. The van der Waals surface area contributed by atoms with Crippen LogP contribution in [0, 0.1) is 12.7 Å². The summed E-state index contributed by atoms with van der Waals surface area (Å²) in [5, 5.41) is 6.62. The number of ether oxygens (including phenoxy) is 1. The van der Waals surface area contributed by atoms with Gasteiger partial charge in [0.15, 0.2) is 0 Å². The fraction of sp³-hybridized carbons (Fsp3) is 0.357. The highest BCUT2D eigenvalue weighted by atomic mass is 19.1. The number of nitrogens with one attached hydrogen (secondary N) is 1. The summed E-state index contributed by atoms with van der Waals surface area (Å²) in [6.07, 6.45) is 3.31. The van der Waals surface area contributed by atoms with Gasteiger partial charge in [0.2, 0.25) is 0 Å². The Balaban J connectivity index is 2.45. The Bertz CT molecular complexity index is 648. The van der Waals surface area contributed by atoms with Gasteiger partial charge in [0.05, 0.1) is 35.7 Å². The maximum Gasteiger partial charge on any atom is 0.419 e. The van der Waals surface area contributed by atoms with Gasteiger partial charge in [-0.05, 0) is 27.7 Å². The van der Waals surface area contributed by atoms with Crippen LogP contribution in [0.2, 0.25) is 0 Å². The lowest BCUT2D eigenvalue weighted by Crippen LogP contribution is -2.34. The third kappa shape index (κ3) is 3.56. The molecule has 0 spiro atoms. The first-order chi connectivity index (χ1) is 9.78. The number of hydrogen-bond donors (Lipinski definition) is 1. The maximum atomic E-state index is 13.4. The molecule has 0 unspecified atom stereocenters. The molecule has 0 saturated heterocycles. The van der Waals surface area contributed by atoms with Crippen molar-refractivity contribution in [1.29, 1.82) is 0 Å². The molecular formula is C14H17FN4O2. The van der Waals surface area contributed by atoms with E-state index in [4.69, 9.17) is 4.74 Å². The van der Waals surface area contributed by atoms with Gasteiger partial charge < -0.3 is 4.74 Å². The maximum absolute atomic E-state index is 13.4. The normalized spacial score (nSPS) is 11.3. The topological polar surface area (TPSA) is 71.1 Å². The van der Waals surface area contributed by atoms with Gasteiger partial charge in [0.25, 0.3) is 0 Å². The summed E-state index contributed by atoms with van der Waals surface area (Å²) in [6, 6.07) is 1.21. The first kappa shape index (κ1) is 15.0. The van der Waals surface area contributed by atoms with E-state index in [1.165, 1.54) is 23.4 Å². The average molecular weight is 292 g/mol. The zero-order chi connectivity index (χ0) is 15.6. The van der Waals surface area contributed by atoms with Crippen LogP contribution < -0.4 is 4.90 Å². The highest BCUT2D eigenvalue weighted by Crippen LogP contribution is 2.29. The number of halogens is 1. The van der Waals surface area contributed by atoms with Gasteiger partial charge in [0, 0.05) is 6.07 Å². The number of rotatable bonds is 2. The predicted octanol–water partition coefficient (Wildman–Crippen LogP) is 3.33. The summed E-state index contributed by atoms with van der Waals surface area (Å²) < 4.78 is 18.8. The minimum absolute atomic E-state index is 0.272. The minimum atomic E-state index is -0.673. The standard InChI is InChI=1S/C14H17FN4O2/c1-9-12(8-17-18-9)19(13(20)21-14(2,3)4)11-5-10(15)6-16-7-11/h5-8H,1-4H3,(H,17,18). The van der Waals surface area contributed by atoms with Gasteiger partial charge in [-0.1, -0.05) is 0 Å². The van der Waals surface area contributed by atoms with E-state index < -0.39 is 17.5 Å². The van der Waals surface area contributed by atoms with Gasteiger partial charge >= 0.3 is 6.09 Å². The van der Waals surface area contributed by atoms with Crippen molar-refractivity contribution in [3.63, 3.8) is 0 Å². The van der Waals surface area contributed by atoms with Gasteiger partial charge in [0.1, 0.15) is 11.4 Å². The molecule has 0 aliphatic heterocycles. The highest BCUT2D eigenvalue weighted by Gasteiger charge is 2.27. The molecule has 1 amide bonds. The quantitative estimate of drug-likeness (QED) is 0.921. The monoisotopic (exact) mass is 292 g/mol. The average Bonchev–Trinajstić information content (AvgIpc) is 2.74. The Labute approximate surface area is 121 Å². The molecule has 0 saturated carbocycles. The second-order valence-electron chi connectivity index (χ2n) is 5.56. The third-order valence-corrected chi connectivity index (χ3v) is 2.57. The lowest BCUT2D eigenvalue weighted by Gasteiger charge is -2.26. The van der Waals surface area contributed by atoms with Crippen LogP contribution in [0.1, 0.15) is 26.5 Å². The largest absolute Gasteiger partial charge is 0.443 e. The molecule has 21 heavy (non-hydrogen) atoms. The number of nitrogens with zero attached hydrogens (tertiary/aromatic N) is 3.